The predicted octanol–water partition coefficient (Wildman–Crippen LogP) is 7.03. The van der Waals surface area contributed by atoms with Gasteiger partial charge in [-0.05, 0) is 77.3 Å². The fourth-order valence-corrected chi connectivity index (χ4v) is 8.27. The molecule has 2 aliphatic rings. The lowest BCUT2D eigenvalue weighted by Gasteiger charge is -2.48. The molecule has 4 unspecified atom stereocenters. The topological polar surface area (TPSA) is 87.5 Å². The highest BCUT2D eigenvalue weighted by molar-refractivity contribution is 8.00. The lowest BCUT2D eigenvalue weighted by atomic mass is 9.80. The van der Waals surface area contributed by atoms with Crippen LogP contribution in [0.25, 0.3) is 11.4 Å². The number of hydrogen-bond donors (Lipinski definition) is 2. The van der Waals surface area contributed by atoms with Gasteiger partial charge in [0.1, 0.15) is 11.5 Å². The van der Waals surface area contributed by atoms with E-state index in [0.717, 1.165) is 71.7 Å². The van der Waals surface area contributed by atoms with Crippen molar-refractivity contribution >= 4 is 29.3 Å². The van der Waals surface area contributed by atoms with Gasteiger partial charge in [-0.25, -0.2) is 4.98 Å². The molecule has 7 nitrogen and oxygen atoms in total. The summed E-state index contributed by atoms with van der Waals surface area (Å²) >= 11 is 1.69. The number of anilines is 1. The number of aliphatic carboxylic acids is 1. The molecule has 2 fully saturated rings. The Labute approximate surface area is 247 Å². The molecule has 1 aromatic heterocycles. The molecule has 2 N–H and O–H groups in total. The number of amides is 1. The van der Waals surface area contributed by atoms with Crippen molar-refractivity contribution in [2.75, 3.05) is 12.4 Å². The molecule has 0 saturated carbocycles. The number of thioether (sulfide) groups is 1. The SMILES string of the molecule is CCCCCn1cc(C(=O)Nc2ccc(C)cc2C)nc1-c1ccc(SC2(C)C(C(=O)O)CC3CCC2N3C)cc1. The van der Waals surface area contributed by atoms with Gasteiger partial charge in [0, 0.05) is 45.7 Å². The van der Waals surface area contributed by atoms with Gasteiger partial charge < -0.3 is 15.0 Å². The number of carboxylic acids is 1. The summed E-state index contributed by atoms with van der Waals surface area (Å²) in [4.78, 5) is 33.8. The number of aromatic nitrogens is 2. The summed E-state index contributed by atoms with van der Waals surface area (Å²) in [6.07, 6.45) is 7.90. The van der Waals surface area contributed by atoms with Gasteiger partial charge in [-0.1, -0.05) is 49.6 Å². The minimum atomic E-state index is -0.692. The number of unbranched alkanes of at least 4 members (excludes halogenated alkanes) is 2. The first-order valence-corrected chi connectivity index (χ1v) is 15.6. The zero-order valence-electron chi connectivity index (χ0n) is 24.8. The minimum Gasteiger partial charge on any atom is -0.481 e. The van der Waals surface area contributed by atoms with E-state index in [2.05, 4.69) is 66.0 Å². The predicted molar refractivity (Wildman–Crippen MR) is 166 cm³/mol. The highest BCUT2D eigenvalue weighted by Crippen LogP contribution is 2.53. The molecule has 4 atom stereocenters. The number of imidazole rings is 1. The number of aryl methyl sites for hydroxylation is 3. The highest BCUT2D eigenvalue weighted by Gasteiger charge is 2.56. The van der Waals surface area contributed by atoms with Crippen LogP contribution in [-0.2, 0) is 11.3 Å². The molecular formula is C33H42N4O3S. The number of fused-ring (bicyclic) bond motifs is 2. The van der Waals surface area contributed by atoms with Crippen molar-refractivity contribution in [1.82, 2.24) is 14.5 Å². The van der Waals surface area contributed by atoms with Gasteiger partial charge in [0.15, 0.2) is 0 Å². The molecule has 0 spiro atoms. The molecule has 2 aromatic carbocycles. The van der Waals surface area contributed by atoms with E-state index >= 15 is 0 Å². The summed E-state index contributed by atoms with van der Waals surface area (Å²) in [7, 11) is 2.15. The van der Waals surface area contributed by atoms with Gasteiger partial charge in [0.25, 0.3) is 5.91 Å². The summed E-state index contributed by atoms with van der Waals surface area (Å²) in [5.41, 5.74) is 4.30. The first-order chi connectivity index (χ1) is 19.6. The Balaban J connectivity index is 1.39. The van der Waals surface area contributed by atoms with Crippen LogP contribution in [-0.4, -0.2) is 55.3 Å². The molecule has 3 heterocycles. The van der Waals surface area contributed by atoms with E-state index in [4.69, 9.17) is 4.98 Å². The molecule has 5 rings (SSSR count). The Morgan fingerprint density at radius 3 is 2.56 bits per heavy atom. The molecule has 3 aromatic rings. The molecule has 41 heavy (non-hydrogen) atoms. The molecule has 1 amide bonds. The summed E-state index contributed by atoms with van der Waals surface area (Å²) in [6, 6.07) is 14.8. The molecule has 218 valence electrons. The number of carbonyl (C=O) groups is 2. The second kappa shape index (κ2) is 12.0. The van der Waals surface area contributed by atoms with Crippen molar-refractivity contribution in [1.29, 1.82) is 0 Å². The standard InChI is InChI=1S/C33H42N4O3S/c1-6-7-8-17-37-20-28(31(38)35-27-15-9-21(2)18-22(27)3)34-30(37)23-10-13-25(14-11-23)41-33(4)26(32(39)40)19-24-12-16-29(33)36(24)5/h9-11,13-15,18,20,24,26,29H,6-8,12,16-17,19H2,1-5H3,(H,35,38)(H,39,40). The number of rotatable bonds is 10. The number of carboxylic acid groups (broad SMARTS) is 1. The number of hydrogen-bond acceptors (Lipinski definition) is 5. The lowest BCUT2D eigenvalue weighted by Crippen LogP contribution is -2.57. The fraction of sp³-hybridized carbons (Fsp3) is 0.485. The van der Waals surface area contributed by atoms with Crippen molar-refractivity contribution in [3.05, 3.63) is 65.5 Å². The third kappa shape index (κ3) is 5.95. The number of nitrogens with one attached hydrogen (secondary N) is 1. The summed E-state index contributed by atoms with van der Waals surface area (Å²) in [5, 5.41) is 13.1. The number of nitrogens with zero attached hydrogens (tertiary/aromatic N) is 3. The molecule has 2 aliphatic heterocycles. The van der Waals surface area contributed by atoms with E-state index in [-0.39, 0.29) is 17.9 Å². The molecule has 0 aliphatic carbocycles. The number of piperidine rings is 1. The average molecular weight is 575 g/mol. The molecular weight excluding hydrogens is 532 g/mol. The van der Waals surface area contributed by atoms with E-state index in [1.807, 2.05) is 32.2 Å². The van der Waals surface area contributed by atoms with Crippen molar-refractivity contribution in [2.24, 2.45) is 5.92 Å². The van der Waals surface area contributed by atoms with Crippen LogP contribution in [0.2, 0.25) is 0 Å². The lowest BCUT2D eigenvalue weighted by molar-refractivity contribution is -0.145. The van der Waals surface area contributed by atoms with Crippen LogP contribution in [0.3, 0.4) is 0 Å². The van der Waals surface area contributed by atoms with Gasteiger partial charge in [0.05, 0.1) is 5.92 Å². The molecule has 0 radical (unpaired) electrons. The van der Waals surface area contributed by atoms with Gasteiger partial charge in [-0.15, -0.1) is 11.8 Å². The van der Waals surface area contributed by atoms with Crippen LogP contribution in [0, 0.1) is 19.8 Å². The largest absolute Gasteiger partial charge is 0.481 e. The van der Waals surface area contributed by atoms with Gasteiger partial charge >= 0.3 is 5.97 Å². The van der Waals surface area contributed by atoms with Crippen molar-refractivity contribution in [2.45, 2.75) is 94.5 Å². The zero-order chi connectivity index (χ0) is 29.3. The Kier molecular flexibility index (Phi) is 8.62. The quantitative estimate of drug-likeness (QED) is 0.253. The average Bonchev–Trinajstić information content (AvgIpc) is 3.48. The van der Waals surface area contributed by atoms with Crippen LogP contribution in [0.1, 0.15) is 74.0 Å². The minimum absolute atomic E-state index is 0.219. The third-order valence-electron chi connectivity index (χ3n) is 9.09. The first kappa shape index (κ1) is 29.4. The van der Waals surface area contributed by atoms with Crippen LogP contribution < -0.4 is 5.32 Å². The fourth-order valence-electron chi connectivity index (χ4n) is 6.73. The van der Waals surface area contributed by atoms with Crippen LogP contribution >= 0.6 is 11.8 Å². The summed E-state index contributed by atoms with van der Waals surface area (Å²) in [5.74, 6) is -0.517. The van der Waals surface area contributed by atoms with E-state index in [1.54, 1.807) is 11.8 Å². The van der Waals surface area contributed by atoms with Gasteiger partial charge in [0.2, 0.25) is 0 Å². The van der Waals surface area contributed by atoms with Crippen molar-refractivity contribution in [3.8, 4) is 11.4 Å². The number of carbonyl (C=O) groups excluding carboxylic acids is 1. The van der Waals surface area contributed by atoms with E-state index in [9.17, 15) is 14.7 Å². The maximum Gasteiger partial charge on any atom is 0.308 e. The van der Waals surface area contributed by atoms with Crippen molar-refractivity contribution < 1.29 is 14.7 Å². The monoisotopic (exact) mass is 574 g/mol. The van der Waals surface area contributed by atoms with Crippen molar-refractivity contribution in [3.63, 3.8) is 0 Å². The zero-order valence-corrected chi connectivity index (χ0v) is 25.6. The third-order valence-corrected chi connectivity index (χ3v) is 10.6. The normalized spacial score (nSPS) is 24.0. The van der Waals surface area contributed by atoms with E-state index < -0.39 is 10.7 Å². The Hall–Kier alpha value is -3.10. The molecule has 2 bridgehead atoms. The maximum absolute atomic E-state index is 13.2. The van der Waals surface area contributed by atoms with E-state index in [0.29, 0.717) is 18.2 Å². The smallest absolute Gasteiger partial charge is 0.308 e. The van der Waals surface area contributed by atoms with Crippen LogP contribution in [0.5, 0.6) is 0 Å². The van der Waals surface area contributed by atoms with E-state index in [1.165, 1.54) is 0 Å². The Morgan fingerprint density at radius 1 is 1.12 bits per heavy atom. The summed E-state index contributed by atoms with van der Waals surface area (Å²) < 4.78 is 1.68. The first-order valence-electron chi connectivity index (χ1n) is 14.8. The molecule has 2 saturated heterocycles. The summed E-state index contributed by atoms with van der Waals surface area (Å²) in [6.45, 7) is 9.13. The van der Waals surface area contributed by atoms with Crippen LogP contribution in [0.4, 0.5) is 5.69 Å². The second-order valence-electron chi connectivity index (χ2n) is 12.0. The van der Waals surface area contributed by atoms with Gasteiger partial charge in [-0.2, -0.15) is 0 Å². The Bertz CT molecular complexity index is 1420. The van der Waals surface area contributed by atoms with Gasteiger partial charge in [-0.3, -0.25) is 14.5 Å². The van der Waals surface area contributed by atoms with Crippen LogP contribution in [0.15, 0.2) is 53.6 Å². The highest BCUT2D eigenvalue weighted by atomic mass is 32.2. The second-order valence-corrected chi connectivity index (χ2v) is 13.5. The maximum atomic E-state index is 13.2. The Morgan fingerprint density at radius 2 is 1.88 bits per heavy atom. The molecule has 8 heteroatoms. The number of benzene rings is 2.